The van der Waals surface area contributed by atoms with Crippen LogP contribution in [0.2, 0.25) is 0 Å². The number of hydrogen-bond donors (Lipinski definition) is 2. The van der Waals surface area contributed by atoms with Crippen LogP contribution < -0.4 is 5.32 Å². The first-order valence-corrected chi connectivity index (χ1v) is 8.09. The first-order valence-electron chi connectivity index (χ1n) is 6.19. The Kier molecular flexibility index (Phi) is 4.05. The van der Waals surface area contributed by atoms with Crippen LogP contribution in [0.15, 0.2) is 41.4 Å². The van der Waals surface area contributed by atoms with Crippen molar-refractivity contribution >= 4 is 27.4 Å². The molecule has 0 aliphatic heterocycles. The van der Waals surface area contributed by atoms with E-state index in [1.807, 2.05) is 0 Å². The predicted octanol–water partition coefficient (Wildman–Crippen LogP) is 1.38. The van der Waals surface area contributed by atoms with Crippen molar-refractivity contribution in [2.24, 2.45) is 7.05 Å². The van der Waals surface area contributed by atoms with Crippen molar-refractivity contribution in [3.05, 3.63) is 47.8 Å². The minimum atomic E-state index is -3.60. The number of rotatable bonds is 4. The fraction of sp³-hybridized carbons (Fsp3) is 0.143. The van der Waals surface area contributed by atoms with E-state index in [0.29, 0.717) is 5.69 Å². The summed E-state index contributed by atoms with van der Waals surface area (Å²) in [7, 11) is -1.91. The highest BCUT2D eigenvalue weighted by Gasteiger charge is 2.16. The quantitative estimate of drug-likeness (QED) is 0.884. The molecule has 0 unspecified atom stereocenters. The van der Waals surface area contributed by atoms with Crippen LogP contribution >= 0.6 is 0 Å². The van der Waals surface area contributed by atoms with Crippen molar-refractivity contribution in [3.8, 4) is 0 Å². The molecule has 2 rings (SSSR count). The van der Waals surface area contributed by atoms with Gasteiger partial charge < -0.3 is 15.0 Å². The van der Waals surface area contributed by atoms with Crippen molar-refractivity contribution in [1.82, 2.24) is 4.57 Å². The minimum absolute atomic E-state index is 0.103. The van der Waals surface area contributed by atoms with Crippen LogP contribution in [0.4, 0.5) is 5.69 Å². The van der Waals surface area contributed by atoms with Crippen molar-refractivity contribution in [1.29, 1.82) is 0 Å². The number of benzene rings is 1. The summed E-state index contributed by atoms with van der Waals surface area (Å²) in [5, 5.41) is 11.6. The first kappa shape index (κ1) is 15.8. The Morgan fingerprint density at radius 1 is 1.23 bits per heavy atom. The number of aromatic nitrogens is 1. The number of amides is 1. The zero-order valence-electron chi connectivity index (χ0n) is 11.9. The van der Waals surface area contributed by atoms with E-state index in [4.69, 9.17) is 5.11 Å². The Hall–Kier alpha value is -2.61. The molecule has 0 saturated heterocycles. The fourth-order valence-corrected chi connectivity index (χ4v) is 2.58. The lowest BCUT2D eigenvalue weighted by Crippen LogP contribution is -2.16. The monoisotopic (exact) mass is 322 g/mol. The topological polar surface area (TPSA) is 105 Å². The number of aromatic carboxylic acids is 1. The fourth-order valence-electron chi connectivity index (χ4n) is 1.90. The number of sulfone groups is 1. The van der Waals surface area contributed by atoms with E-state index in [1.165, 1.54) is 12.1 Å². The molecule has 7 nitrogen and oxygen atoms in total. The van der Waals surface area contributed by atoms with Crippen molar-refractivity contribution < 1.29 is 23.1 Å². The molecule has 0 aliphatic rings. The number of hydrogen-bond acceptors (Lipinski definition) is 4. The summed E-state index contributed by atoms with van der Waals surface area (Å²) in [6.07, 6.45) is 2.65. The first-order chi connectivity index (χ1) is 10.2. The molecule has 0 fully saturated rings. The molecule has 1 amide bonds. The van der Waals surface area contributed by atoms with Crippen molar-refractivity contribution in [2.75, 3.05) is 11.6 Å². The number of carboxylic acids is 1. The molecule has 2 aromatic rings. The molecular weight excluding hydrogens is 308 g/mol. The highest BCUT2D eigenvalue weighted by Crippen LogP contribution is 2.20. The predicted molar refractivity (Wildman–Crippen MR) is 79.9 cm³/mol. The summed E-state index contributed by atoms with van der Waals surface area (Å²) in [5.74, 6) is -1.74. The molecule has 1 heterocycles. The standard InChI is InChI=1S/C14H14N2O5S/c1-16-5-3-4-12(16)13(17)15-10-6-9(14(18)19)7-11(8-10)22(2,20)21/h3-8H,1-2H3,(H,15,17)(H,18,19). The molecule has 1 aromatic heterocycles. The number of carbonyl (C=O) groups excluding carboxylic acids is 1. The van der Waals surface area contributed by atoms with E-state index in [9.17, 15) is 18.0 Å². The summed E-state index contributed by atoms with van der Waals surface area (Å²) in [4.78, 5) is 23.0. The largest absolute Gasteiger partial charge is 0.478 e. The highest BCUT2D eigenvalue weighted by molar-refractivity contribution is 7.90. The number of anilines is 1. The van der Waals surface area contributed by atoms with Gasteiger partial charge in [-0.15, -0.1) is 0 Å². The average Bonchev–Trinajstić information content (AvgIpc) is 2.83. The van der Waals surface area contributed by atoms with E-state index >= 15 is 0 Å². The van der Waals surface area contributed by atoms with Crippen LogP contribution in [0.3, 0.4) is 0 Å². The van der Waals surface area contributed by atoms with E-state index in [0.717, 1.165) is 12.3 Å². The van der Waals surface area contributed by atoms with Crippen LogP contribution in [0.25, 0.3) is 0 Å². The summed E-state index contributed by atoms with van der Waals surface area (Å²) in [5.41, 5.74) is 0.248. The van der Waals surface area contributed by atoms with Gasteiger partial charge in [-0.25, -0.2) is 13.2 Å². The number of carboxylic acid groups (broad SMARTS) is 1. The Morgan fingerprint density at radius 2 is 1.91 bits per heavy atom. The van der Waals surface area contributed by atoms with Gasteiger partial charge in [0.25, 0.3) is 5.91 Å². The van der Waals surface area contributed by atoms with Gasteiger partial charge >= 0.3 is 5.97 Å². The van der Waals surface area contributed by atoms with E-state index in [1.54, 1.807) is 29.9 Å². The van der Waals surface area contributed by atoms with Crippen LogP contribution in [-0.4, -0.2) is 36.2 Å². The molecule has 0 saturated carbocycles. The third-order valence-corrected chi connectivity index (χ3v) is 4.11. The van der Waals surface area contributed by atoms with E-state index in [2.05, 4.69) is 5.32 Å². The lowest BCUT2D eigenvalue weighted by Gasteiger charge is -2.09. The Balaban J connectivity index is 2.43. The zero-order chi connectivity index (χ0) is 16.5. The van der Waals surface area contributed by atoms with Gasteiger partial charge in [-0.1, -0.05) is 0 Å². The molecule has 0 atom stereocenters. The van der Waals surface area contributed by atoms with Gasteiger partial charge in [0.1, 0.15) is 5.69 Å². The van der Waals surface area contributed by atoms with Crippen LogP contribution in [0.5, 0.6) is 0 Å². The Labute approximate surface area is 127 Å². The summed E-state index contributed by atoms with van der Waals surface area (Å²) in [6.45, 7) is 0. The van der Waals surface area contributed by atoms with Gasteiger partial charge in [-0.3, -0.25) is 4.79 Å². The van der Waals surface area contributed by atoms with Gasteiger partial charge in [-0.05, 0) is 30.3 Å². The molecule has 0 bridgehead atoms. The normalized spacial score (nSPS) is 11.2. The molecule has 8 heteroatoms. The molecule has 1 aromatic carbocycles. The number of aryl methyl sites for hydroxylation is 1. The number of carbonyl (C=O) groups is 2. The summed E-state index contributed by atoms with van der Waals surface area (Å²) in [6, 6.07) is 6.76. The SMILES string of the molecule is Cn1cccc1C(=O)Nc1cc(C(=O)O)cc(S(C)(=O)=O)c1. The second-order valence-corrected chi connectivity index (χ2v) is 6.80. The highest BCUT2D eigenvalue weighted by atomic mass is 32.2. The van der Waals surface area contributed by atoms with Gasteiger partial charge in [0, 0.05) is 25.2 Å². The lowest BCUT2D eigenvalue weighted by molar-refractivity contribution is 0.0696. The molecule has 22 heavy (non-hydrogen) atoms. The molecule has 0 spiro atoms. The van der Waals surface area contributed by atoms with E-state index in [-0.39, 0.29) is 16.1 Å². The average molecular weight is 322 g/mol. The van der Waals surface area contributed by atoms with Crippen molar-refractivity contribution in [3.63, 3.8) is 0 Å². The van der Waals surface area contributed by atoms with Gasteiger partial charge in [0.05, 0.1) is 10.5 Å². The molecule has 2 N–H and O–H groups in total. The third-order valence-electron chi connectivity index (χ3n) is 3.02. The van der Waals surface area contributed by atoms with Crippen LogP contribution in [0, 0.1) is 0 Å². The second kappa shape index (κ2) is 5.64. The van der Waals surface area contributed by atoms with Gasteiger partial charge in [0.2, 0.25) is 0 Å². The molecule has 0 aliphatic carbocycles. The second-order valence-electron chi connectivity index (χ2n) is 4.78. The molecule has 0 radical (unpaired) electrons. The lowest BCUT2D eigenvalue weighted by atomic mass is 10.2. The van der Waals surface area contributed by atoms with Gasteiger partial charge in [-0.2, -0.15) is 0 Å². The van der Waals surface area contributed by atoms with Crippen LogP contribution in [-0.2, 0) is 16.9 Å². The number of nitrogens with one attached hydrogen (secondary N) is 1. The molecular formula is C14H14N2O5S. The number of nitrogens with zero attached hydrogens (tertiary/aromatic N) is 1. The third kappa shape index (κ3) is 3.34. The maximum absolute atomic E-state index is 12.1. The smallest absolute Gasteiger partial charge is 0.335 e. The maximum atomic E-state index is 12.1. The molecule has 116 valence electrons. The Bertz CT molecular complexity index is 852. The Morgan fingerprint density at radius 3 is 2.41 bits per heavy atom. The maximum Gasteiger partial charge on any atom is 0.335 e. The minimum Gasteiger partial charge on any atom is -0.478 e. The van der Waals surface area contributed by atoms with Crippen molar-refractivity contribution in [2.45, 2.75) is 4.90 Å². The van der Waals surface area contributed by atoms with Gasteiger partial charge in [0.15, 0.2) is 9.84 Å². The van der Waals surface area contributed by atoms with Crippen LogP contribution in [0.1, 0.15) is 20.8 Å². The summed E-state index contributed by atoms with van der Waals surface area (Å²) >= 11 is 0. The zero-order valence-corrected chi connectivity index (χ0v) is 12.7. The van der Waals surface area contributed by atoms with E-state index < -0.39 is 21.7 Å². The summed E-state index contributed by atoms with van der Waals surface area (Å²) < 4.78 is 24.8.